The van der Waals surface area contributed by atoms with Gasteiger partial charge in [0.2, 0.25) is 5.91 Å². The maximum atomic E-state index is 15.9. The smallest absolute Gasteiger partial charge is 0.272 e. The second kappa shape index (κ2) is 11.4. The Morgan fingerprint density at radius 1 is 1.17 bits per heavy atom. The first-order chi connectivity index (χ1) is 22.2. The zero-order valence-corrected chi connectivity index (χ0v) is 25.8. The number of carbonyl (C=O) groups is 2. The van der Waals surface area contributed by atoms with Gasteiger partial charge in [0.25, 0.3) is 5.91 Å². The number of fused-ring (bicyclic) bond motifs is 3. The number of hydrogen-bond acceptors (Lipinski definition) is 8. The van der Waals surface area contributed by atoms with E-state index in [1.165, 1.54) is 17.4 Å². The zero-order valence-electron chi connectivity index (χ0n) is 25.0. The normalized spacial score (nSPS) is 15.8. The topological polar surface area (TPSA) is 114 Å². The third-order valence-electron chi connectivity index (χ3n) is 8.38. The van der Waals surface area contributed by atoms with Crippen molar-refractivity contribution in [2.45, 2.75) is 26.1 Å². The summed E-state index contributed by atoms with van der Waals surface area (Å²) in [6.45, 7) is 6.24. The van der Waals surface area contributed by atoms with Gasteiger partial charge < -0.3 is 19.6 Å². The minimum atomic E-state index is -0.862. The van der Waals surface area contributed by atoms with Gasteiger partial charge in [-0.2, -0.15) is 5.10 Å². The van der Waals surface area contributed by atoms with Crippen molar-refractivity contribution in [2.75, 3.05) is 26.8 Å². The van der Waals surface area contributed by atoms with Crippen LogP contribution in [0.2, 0.25) is 0 Å². The lowest BCUT2D eigenvalue weighted by Gasteiger charge is -2.33. The number of nitrogens with zero attached hydrogens (tertiary/aromatic N) is 6. The molecule has 1 aromatic carbocycles. The van der Waals surface area contributed by atoms with Gasteiger partial charge in [-0.05, 0) is 36.6 Å². The first kappa shape index (κ1) is 29.7. The lowest BCUT2D eigenvalue weighted by atomic mass is 9.96. The fourth-order valence-electron chi connectivity index (χ4n) is 6.22. The van der Waals surface area contributed by atoms with Gasteiger partial charge in [0.1, 0.15) is 41.1 Å². The van der Waals surface area contributed by atoms with Gasteiger partial charge in [-0.15, -0.1) is 11.3 Å². The maximum Gasteiger partial charge on any atom is 0.272 e. The Morgan fingerprint density at radius 2 is 2.00 bits per heavy atom. The van der Waals surface area contributed by atoms with Crippen LogP contribution in [0.1, 0.15) is 34.7 Å². The number of hydrogen-bond donors (Lipinski definition) is 1. The summed E-state index contributed by atoms with van der Waals surface area (Å²) < 4.78 is 38.6. The predicted octanol–water partition coefficient (Wildman–Crippen LogP) is 5.21. The Hall–Kier alpha value is -5.01. The number of amides is 2. The summed E-state index contributed by atoms with van der Waals surface area (Å²) in [5.74, 6) is -2.13. The van der Waals surface area contributed by atoms with Crippen molar-refractivity contribution < 1.29 is 28.2 Å². The molecular formula is C33H28F2N6O4S. The summed E-state index contributed by atoms with van der Waals surface area (Å²) in [5, 5.41) is 16.9. The van der Waals surface area contributed by atoms with Crippen LogP contribution in [0, 0.1) is 11.6 Å². The summed E-state index contributed by atoms with van der Waals surface area (Å²) in [5.41, 5.74) is 4.19. The van der Waals surface area contributed by atoms with Crippen molar-refractivity contribution in [2.24, 2.45) is 0 Å². The monoisotopic (exact) mass is 642 g/mol. The van der Waals surface area contributed by atoms with E-state index in [0.29, 0.717) is 63.6 Å². The molecule has 0 unspecified atom stereocenters. The fraction of sp³-hybridized carbons (Fsp3) is 0.242. The molecular weight excluding hydrogens is 614 g/mol. The number of rotatable bonds is 7. The molecule has 0 radical (unpaired) electrons. The van der Waals surface area contributed by atoms with E-state index in [0.717, 1.165) is 23.4 Å². The van der Waals surface area contributed by atoms with Crippen LogP contribution in [0.15, 0.2) is 54.6 Å². The highest BCUT2D eigenvalue weighted by Crippen LogP contribution is 2.47. The molecule has 0 saturated heterocycles. The zero-order chi connectivity index (χ0) is 32.3. The van der Waals surface area contributed by atoms with Crippen molar-refractivity contribution in [3.8, 4) is 39.5 Å². The van der Waals surface area contributed by atoms with Crippen LogP contribution in [0.4, 0.5) is 8.78 Å². The molecule has 10 nitrogen and oxygen atoms in total. The van der Waals surface area contributed by atoms with Crippen LogP contribution in [0.5, 0.6) is 5.75 Å². The average molecular weight is 643 g/mol. The number of halogens is 2. The van der Waals surface area contributed by atoms with E-state index in [1.807, 2.05) is 30.5 Å². The number of carbonyl (C=O) groups excluding carboxylic acids is 2. The van der Waals surface area contributed by atoms with Crippen LogP contribution in [0.25, 0.3) is 43.9 Å². The van der Waals surface area contributed by atoms with E-state index in [-0.39, 0.29) is 42.4 Å². The molecule has 5 aromatic rings. The van der Waals surface area contributed by atoms with Crippen LogP contribution < -0.4 is 4.74 Å². The number of aliphatic hydroxyl groups excluding tert-OH is 1. The highest BCUT2D eigenvalue weighted by Gasteiger charge is 2.32. The molecule has 2 amide bonds. The minimum absolute atomic E-state index is 0.0156. The van der Waals surface area contributed by atoms with Crippen molar-refractivity contribution >= 4 is 33.2 Å². The molecule has 234 valence electrons. The molecule has 0 saturated carbocycles. The van der Waals surface area contributed by atoms with Crippen molar-refractivity contribution in [3.05, 3.63) is 83.1 Å². The first-order valence-electron chi connectivity index (χ1n) is 14.6. The minimum Gasteiger partial charge on any atom is -0.490 e. The van der Waals surface area contributed by atoms with E-state index < -0.39 is 11.6 Å². The highest BCUT2D eigenvalue weighted by atomic mass is 32.1. The first-order valence-corrected chi connectivity index (χ1v) is 15.5. The number of thiophene rings is 1. The van der Waals surface area contributed by atoms with Gasteiger partial charge in [-0.3, -0.25) is 19.3 Å². The molecule has 2 aliphatic rings. The van der Waals surface area contributed by atoms with Crippen LogP contribution in [0.3, 0.4) is 0 Å². The molecule has 0 fully saturated rings. The molecule has 1 N–H and O–H groups in total. The average Bonchev–Trinajstić information content (AvgIpc) is 3.77. The summed E-state index contributed by atoms with van der Waals surface area (Å²) in [6, 6.07) is 7.13. The van der Waals surface area contributed by atoms with Crippen molar-refractivity contribution in [3.63, 3.8) is 0 Å². The van der Waals surface area contributed by atoms with Gasteiger partial charge in [-0.1, -0.05) is 6.58 Å². The van der Waals surface area contributed by atoms with E-state index in [9.17, 15) is 19.1 Å². The van der Waals surface area contributed by atoms with Gasteiger partial charge in [0.15, 0.2) is 0 Å². The van der Waals surface area contributed by atoms with Gasteiger partial charge >= 0.3 is 0 Å². The molecule has 4 aromatic heterocycles. The molecule has 46 heavy (non-hydrogen) atoms. The summed E-state index contributed by atoms with van der Waals surface area (Å²) in [4.78, 5) is 38.0. The molecule has 0 spiro atoms. The van der Waals surface area contributed by atoms with Crippen LogP contribution >= 0.6 is 11.3 Å². The van der Waals surface area contributed by atoms with E-state index in [1.54, 1.807) is 27.7 Å². The molecule has 1 atom stereocenters. The van der Waals surface area contributed by atoms with Crippen molar-refractivity contribution in [1.82, 2.24) is 29.5 Å². The van der Waals surface area contributed by atoms with E-state index in [4.69, 9.17) is 14.8 Å². The fourth-order valence-corrected chi connectivity index (χ4v) is 7.17. The highest BCUT2D eigenvalue weighted by molar-refractivity contribution is 7.18. The summed E-state index contributed by atoms with van der Waals surface area (Å²) >= 11 is 1.35. The standard InChI is InChI=1S/C33H28F2N6O4S/c1-4-26(43)40-6-7-41-24(17(40)2)14-23(38-41)31-28(27-22(35)12-20(34)13-25(27)45-9-8-42)32-21(5-10-46-32)29(37-31)18-11-19-16-39(3)33(44)30(19)36-15-18/h4-5,10-15,17,42H,1,6-9,16H2,2-3H3/t17-/m0/s1. The quantitative estimate of drug-likeness (QED) is 0.243. The van der Waals surface area contributed by atoms with Crippen LogP contribution in [-0.4, -0.2) is 73.3 Å². The molecule has 2 aliphatic heterocycles. The van der Waals surface area contributed by atoms with Gasteiger partial charge in [0.05, 0.1) is 36.1 Å². The molecule has 13 heteroatoms. The Bertz CT molecular complexity index is 2070. The largest absolute Gasteiger partial charge is 0.490 e. The predicted molar refractivity (Wildman–Crippen MR) is 168 cm³/mol. The number of pyridine rings is 2. The summed E-state index contributed by atoms with van der Waals surface area (Å²) in [6.07, 6.45) is 2.88. The molecule has 0 bridgehead atoms. The van der Waals surface area contributed by atoms with E-state index >= 15 is 4.39 Å². The van der Waals surface area contributed by atoms with E-state index in [2.05, 4.69) is 11.6 Å². The Labute approximate surface area is 266 Å². The summed E-state index contributed by atoms with van der Waals surface area (Å²) in [7, 11) is 1.71. The third kappa shape index (κ3) is 4.74. The lowest BCUT2D eigenvalue weighted by molar-refractivity contribution is -0.129. The second-order valence-corrected chi connectivity index (χ2v) is 12.1. The second-order valence-electron chi connectivity index (χ2n) is 11.2. The Kier molecular flexibility index (Phi) is 7.36. The number of aliphatic hydroxyl groups is 1. The molecule has 7 rings (SSSR count). The number of ether oxygens (including phenoxy) is 1. The molecule has 0 aliphatic carbocycles. The van der Waals surface area contributed by atoms with Crippen molar-refractivity contribution in [1.29, 1.82) is 0 Å². The molecule has 6 heterocycles. The lowest BCUT2D eigenvalue weighted by Crippen LogP contribution is -2.40. The van der Waals surface area contributed by atoms with Gasteiger partial charge in [0, 0.05) is 65.2 Å². The third-order valence-corrected chi connectivity index (χ3v) is 9.31. The Morgan fingerprint density at radius 3 is 2.78 bits per heavy atom. The van der Waals surface area contributed by atoms with Crippen LogP contribution in [-0.2, 0) is 17.9 Å². The maximum absolute atomic E-state index is 15.9. The number of aromatic nitrogens is 4. The SMILES string of the molecule is C=CC(=O)N1CCn2nc(-c3nc(-c4cnc5c(c4)CN(C)C5=O)c4ccsc4c3-c3c(F)cc(F)cc3OCCO)cc2[C@@H]1C. The Balaban J connectivity index is 1.50. The van der Waals surface area contributed by atoms with Gasteiger partial charge in [-0.25, -0.2) is 13.8 Å². The number of benzene rings is 1.